The summed E-state index contributed by atoms with van der Waals surface area (Å²) >= 11 is 3.22. The van der Waals surface area contributed by atoms with Gasteiger partial charge in [0, 0.05) is 22.5 Å². The van der Waals surface area contributed by atoms with E-state index >= 15 is 0 Å². The third kappa shape index (κ3) is 3.75. The number of thioether (sulfide) groups is 1. The van der Waals surface area contributed by atoms with Gasteiger partial charge < -0.3 is 4.90 Å². The van der Waals surface area contributed by atoms with Crippen molar-refractivity contribution in [2.75, 3.05) is 17.2 Å². The smallest absolute Gasteiger partial charge is 0.237 e. The van der Waals surface area contributed by atoms with Crippen LogP contribution < -0.4 is 4.90 Å². The molecule has 1 aliphatic rings. The van der Waals surface area contributed by atoms with Gasteiger partial charge in [-0.25, -0.2) is 9.97 Å². The fourth-order valence-corrected chi connectivity index (χ4v) is 5.70. The summed E-state index contributed by atoms with van der Waals surface area (Å²) in [7, 11) is 0. The number of aromatic nitrogens is 2. The number of carbonyl (C=O) groups is 1. The number of amides is 1. The Balaban J connectivity index is 1.54. The molecule has 2 aromatic heterocycles. The van der Waals surface area contributed by atoms with E-state index in [-0.39, 0.29) is 11.7 Å². The molecule has 1 aliphatic carbocycles. The molecule has 4 rings (SSSR count). The van der Waals surface area contributed by atoms with Crippen molar-refractivity contribution < 1.29 is 4.79 Å². The van der Waals surface area contributed by atoms with Gasteiger partial charge in [0.2, 0.25) is 5.91 Å². The van der Waals surface area contributed by atoms with Crippen molar-refractivity contribution in [3.05, 3.63) is 46.6 Å². The first-order valence-corrected chi connectivity index (χ1v) is 11.1. The maximum Gasteiger partial charge on any atom is 0.237 e. The average Bonchev–Trinajstić information content (AvgIpc) is 3.29. The van der Waals surface area contributed by atoms with Crippen LogP contribution in [0.3, 0.4) is 0 Å². The van der Waals surface area contributed by atoms with E-state index in [9.17, 15) is 4.79 Å². The van der Waals surface area contributed by atoms with Crippen LogP contribution >= 0.6 is 23.1 Å². The zero-order chi connectivity index (χ0) is 19.5. The maximum atomic E-state index is 13.0. The third-order valence-corrected chi connectivity index (χ3v) is 7.07. The van der Waals surface area contributed by atoms with Crippen LogP contribution in [0.2, 0.25) is 0 Å². The Morgan fingerprint density at radius 3 is 2.89 bits per heavy atom. The lowest BCUT2D eigenvalue weighted by Gasteiger charge is -2.22. The monoisotopic (exact) mass is 408 g/mol. The van der Waals surface area contributed by atoms with E-state index in [2.05, 4.69) is 16.0 Å². The minimum Gasteiger partial charge on any atom is -0.311 e. The van der Waals surface area contributed by atoms with E-state index in [0.29, 0.717) is 13.0 Å². The number of aryl methyl sites for hydroxylation is 3. The number of rotatable bonds is 6. The number of benzene rings is 1. The molecule has 0 saturated carbocycles. The number of nitrogens with zero attached hydrogens (tertiary/aromatic N) is 4. The molecule has 1 aromatic carbocycles. The van der Waals surface area contributed by atoms with Gasteiger partial charge in [0.15, 0.2) is 0 Å². The van der Waals surface area contributed by atoms with Crippen molar-refractivity contribution in [2.24, 2.45) is 0 Å². The van der Waals surface area contributed by atoms with E-state index in [4.69, 9.17) is 5.26 Å². The highest BCUT2D eigenvalue weighted by Gasteiger charge is 2.22. The van der Waals surface area contributed by atoms with E-state index in [1.165, 1.54) is 28.6 Å². The molecule has 1 amide bonds. The van der Waals surface area contributed by atoms with Gasteiger partial charge >= 0.3 is 0 Å². The van der Waals surface area contributed by atoms with Crippen molar-refractivity contribution in [3.8, 4) is 6.07 Å². The van der Waals surface area contributed by atoms with Crippen LogP contribution in [0.1, 0.15) is 28.8 Å². The van der Waals surface area contributed by atoms with Gasteiger partial charge in [0.25, 0.3) is 0 Å². The Hall–Kier alpha value is -2.43. The molecular weight excluding hydrogens is 388 g/mol. The SMILES string of the molecule is Cc1ccc(N(CCC#N)C(=O)CSc2ncnc3sc4c(c23)CCC4)cc1. The Morgan fingerprint density at radius 1 is 1.29 bits per heavy atom. The average molecular weight is 409 g/mol. The van der Waals surface area contributed by atoms with E-state index in [1.807, 2.05) is 31.2 Å². The second-order valence-electron chi connectivity index (χ2n) is 6.79. The van der Waals surface area contributed by atoms with Crippen LogP contribution in [0.25, 0.3) is 10.2 Å². The molecule has 3 aromatic rings. The highest BCUT2D eigenvalue weighted by atomic mass is 32.2. The zero-order valence-electron chi connectivity index (χ0n) is 15.6. The summed E-state index contributed by atoms with van der Waals surface area (Å²) < 4.78 is 0. The number of thiophene rings is 1. The van der Waals surface area contributed by atoms with Crippen molar-refractivity contribution in [1.82, 2.24) is 9.97 Å². The molecule has 0 atom stereocenters. The van der Waals surface area contributed by atoms with Crippen LogP contribution in [0.5, 0.6) is 0 Å². The quantitative estimate of drug-likeness (QED) is 0.443. The largest absolute Gasteiger partial charge is 0.311 e. The molecule has 2 heterocycles. The second kappa shape index (κ2) is 8.29. The molecule has 0 bridgehead atoms. The van der Waals surface area contributed by atoms with Crippen molar-refractivity contribution in [3.63, 3.8) is 0 Å². The lowest BCUT2D eigenvalue weighted by Crippen LogP contribution is -2.33. The predicted octanol–water partition coefficient (Wildman–Crippen LogP) is 4.53. The van der Waals surface area contributed by atoms with Crippen LogP contribution in [0.15, 0.2) is 35.6 Å². The summed E-state index contributed by atoms with van der Waals surface area (Å²) in [5.41, 5.74) is 3.34. The molecule has 0 spiro atoms. The Morgan fingerprint density at radius 2 is 2.11 bits per heavy atom. The first kappa shape index (κ1) is 18.9. The van der Waals surface area contributed by atoms with Crippen LogP contribution in [-0.4, -0.2) is 28.2 Å². The molecule has 7 heteroatoms. The molecule has 5 nitrogen and oxygen atoms in total. The van der Waals surface area contributed by atoms with Crippen LogP contribution in [0, 0.1) is 18.3 Å². The summed E-state index contributed by atoms with van der Waals surface area (Å²) in [6.07, 6.45) is 5.27. The van der Waals surface area contributed by atoms with Crippen molar-refractivity contribution >= 4 is 44.9 Å². The van der Waals surface area contributed by atoms with Gasteiger partial charge in [0.1, 0.15) is 16.2 Å². The minimum atomic E-state index is -0.0114. The molecule has 28 heavy (non-hydrogen) atoms. The molecule has 0 radical (unpaired) electrons. The second-order valence-corrected chi connectivity index (χ2v) is 8.84. The first-order valence-electron chi connectivity index (χ1n) is 9.29. The third-order valence-electron chi connectivity index (χ3n) is 4.89. The van der Waals surface area contributed by atoms with Gasteiger partial charge in [-0.1, -0.05) is 29.5 Å². The Labute approximate surface area is 172 Å². The summed E-state index contributed by atoms with van der Waals surface area (Å²) in [5, 5.41) is 11.0. The summed E-state index contributed by atoms with van der Waals surface area (Å²) in [6.45, 7) is 2.41. The molecule has 0 fully saturated rings. The molecule has 142 valence electrons. The minimum absolute atomic E-state index is 0.0114. The zero-order valence-corrected chi connectivity index (χ0v) is 17.3. The Bertz CT molecular complexity index is 1050. The van der Waals surface area contributed by atoms with Gasteiger partial charge in [0.05, 0.1) is 18.2 Å². The number of anilines is 1. The first-order chi connectivity index (χ1) is 13.7. The summed E-state index contributed by atoms with van der Waals surface area (Å²) in [6, 6.07) is 9.97. The van der Waals surface area contributed by atoms with E-state index in [1.54, 1.807) is 22.6 Å². The fourth-order valence-electron chi connectivity index (χ4n) is 3.50. The fraction of sp³-hybridized carbons (Fsp3) is 0.333. The van der Waals surface area contributed by atoms with E-state index < -0.39 is 0 Å². The molecule has 0 N–H and O–H groups in total. The lowest BCUT2D eigenvalue weighted by molar-refractivity contribution is -0.116. The molecular formula is C21H20N4OS2. The van der Waals surface area contributed by atoms with Crippen molar-refractivity contribution in [1.29, 1.82) is 5.26 Å². The standard InChI is InChI=1S/C21H20N4OS2/c1-14-6-8-15(9-7-14)25(11-3-10-22)18(26)12-27-20-19-16-4-2-5-17(16)28-21(19)24-13-23-20/h6-9,13H,2-5,11-12H2,1H3. The van der Waals surface area contributed by atoms with Gasteiger partial charge in [-0.05, 0) is 43.9 Å². The number of hydrogen-bond acceptors (Lipinski definition) is 6. The molecule has 0 saturated heterocycles. The van der Waals surface area contributed by atoms with Crippen LogP contribution in [-0.2, 0) is 17.6 Å². The Kier molecular flexibility index (Phi) is 5.60. The van der Waals surface area contributed by atoms with Gasteiger partial charge in [-0.3, -0.25) is 4.79 Å². The normalized spacial score (nSPS) is 12.7. The number of fused-ring (bicyclic) bond motifs is 3. The number of hydrogen-bond donors (Lipinski definition) is 0. The summed E-state index contributed by atoms with van der Waals surface area (Å²) in [4.78, 5) is 26.0. The highest BCUT2D eigenvalue weighted by Crippen LogP contribution is 2.40. The maximum absolute atomic E-state index is 13.0. The topological polar surface area (TPSA) is 69.9 Å². The van der Waals surface area contributed by atoms with Gasteiger partial charge in [-0.2, -0.15) is 5.26 Å². The van der Waals surface area contributed by atoms with Crippen molar-refractivity contribution in [2.45, 2.75) is 37.6 Å². The highest BCUT2D eigenvalue weighted by molar-refractivity contribution is 8.00. The predicted molar refractivity (Wildman–Crippen MR) is 114 cm³/mol. The number of nitriles is 1. The van der Waals surface area contributed by atoms with E-state index in [0.717, 1.165) is 39.3 Å². The molecule has 0 aliphatic heterocycles. The molecule has 0 unspecified atom stereocenters. The van der Waals surface area contributed by atoms with Crippen LogP contribution in [0.4, 0.5) is 5.69 Å². The summed E-state index contributed by atoms with van der Waals surface area (Å²) in [5.74, 6) is 0.276. The number of carbonyl (C=O) groups excluding carboxylic acids is 1. The lowest BCUT2D eigenvalue weighted by atomic mass is 10.2. The van der Waals surface area contributed by atoms with Gasteiger partial charge in [-0.15, -0.1) is 11.3 Å².